The van der Waals surface area contributed by atoms with Gasteiger partial charge >= 0.3 is 5.97 Å². The van der Waals surface area contributed by atoms with Crippen LogP contribution in [0.25, 0.3) is 6.08 Å². The summed E-state index contributed by atoms with van der Waals surface area (Å²) in [6.45, 7) is 3.33. The maximum absolute atomic E-state index is 12.2. The standard InChI is InChI=1S/C20H20ClNO3S/c1-13-17(21)5-4-6-18(13)22-20(24)14(2)25-19(23)12-9-15-7-10-16(26-3)11-8-15/h4-12,14H,1-3H3,(H,22,24)/b12-9+/t14-/m0/s1. The van der Waals surface area contributed by atoms with Gasteiger partial charge in [0.25, 0.3) is 5.91 Å². The number of hydrogen-bond donors (Lipinski definition) is 1. The molecule has 0 saturated heterocycles. The van der Waals surface area contributed by atoms with Gasteiger partial charge in [-0.3, -0.25) is 4.79 Å². The van der Waals surface area contributed by atoms with Crippen molar-refractivity contribution in [1.82, 2.24) is 0 Å². The van der Waals surface area contributed by atoms with E-state index in [1.807, 2.05) is 30.5 Å². The quantitative estimate of drug-likeness (QED) is 0.431. The molecule has 2 aromatic rings. The molecule has 0 saturated carbocycles. The molecule has 0 fully saturated rings. The first-order chi connectivity index (χ1) is 12.4. The minimum absolute atomic E-state index is 0.415. The van der Waals surface area contributed by atoms with E-state index in [1.165, 1.54) is 13.0 Å². The number of anilines is 1. The maximum atomic E-state index is 12.2. The van der Waals surface area contributed by atoms with Crippen molar-refractivity contribution in [2.24, 2.45) is 0 Å². The fraction of sp³-hybridized carbons (Fsp3) is 0.200. The molecule has 0 aromatic heterocycles. The van der Waals surface area contributed by atoms with Gasteiger partial charge in [0.05, 0.1) is 0 Å². The molecule has 0 aliphatic rings. The van der Waals surface area contributed by atoms with Crippen LogP contribution in [0.5, 0.6) is 0 Å². The molecule has 0 radical (unpaired) electrons. The van der Waals surface area contributed by atoms with Crippen molar-refractivity contribution in [3.05, 3.63) is 64.7 Å². The highest BCUT2D eigenvalue weighted by molar-refractivity contribution is 7.98. The van der Waals surface area contributed by atoms with Crippen molar-refractivity contribution in [2.45, 2.75) is 24.8 Å². The summed E-state index contributed by atoms with van der Waals surface area (Å²) < 4.78 is 5.15. The molecule has 0 unspecified atom stereocenters. The van der Waals surface area contributed by atoms with Crippen molar-refractivity contribution in [1.29, 1.82) is 0 Å². The first kappa shape index (κ1) is 20.1. The molecular weight excluding hydrogens is 370 g/mol. The van der Waals surface area contributed by atoms with Crippen LogP contribution in [0.4, 0.5) is 5.69 Å². The number of hydrogen-bond acceptors (Lipinski definition) is 4. The van der Waals surface area contributed by atoms with E-state index in [0.717, 1.165) is 16.0 Å². The number of thioether (sulfide) groups is 1. The highest BCUT2D eigenvalue weighted by atomic mass is 35.5. The van der Waals surface area contributed by atoms with Gasteiger partial charge in [-0.25, -0.2) is 4.79 Å². The van der Waals surface area contributed by atoms with Crippen molar-refractivity contribution in [2.75, 3.05) is 11.6 Å². The van der Waals surface area contributed by atoms with Crippen LogP contribution in [0.15, 0.2) is 53.4 Å². The van der Waals surface area contributed by atoms with Crippen molar-refractivity contribution < 1.29 is 14.3 Å². The number of nitrogens with one attached hydrogen (secondary N) is 1. The summed E-state index contributed by atoms with van der Waals surface area (Å²) >= 11 is 7.68. The molecule has 1 amide bonds. The summed E-state index contributed by atoms with van der Waals surface area (Å²) in [5.41, 5.74) is 2.23. The summed E-state index contributed by atoms with van der Waals surface area (Å²) in [6.07, 6.45) is 4.03. The van der Waals surface area contributed by atoms with E-state index in [2.05, 4.69) is 5.32 Å². The Morgan fingerprint density at radius 2 is 1.88 bits per heavy atom. The van der Waals surface area contributed by atoms with E-state index in [9.17, 15) is 9.59 Å². The van der Waals surface area contributed by atoms with E-state index in [1.54, 1.807) is 43.0 Å². The highest BCUT2D eigenvalue weighted by Crippen LogP contribution is 2.23. The van der Waals surface area contributed by atoms with Gasteiger partial charge in [-0.05, 0) is 61.6 Å². The highest BCUT2D eigenvalue weighted by Gasteiger charge is 2.17. The Morgan fingerprint density at radius 1 is 1.19 bits per heavy atom. The SMILES string of the molecule is CSc1ccc(/C=C/C(=O)O[C@@H](C)C(=O)Nc2cccc(Cl)c2C)cc1. The first-order valence-corrected chi connectivity index (χ1v) is 9.59. The zero-order chi connectivity index (χ0) is 19.1. The number of rotatable bonds is 6. The Labute approximate surface area is 162 Å². The lowest BCUT2D eigenvalue weighted by Crippen LogP contribution is -2.29. The molecule has 2 aromatic carbocycles. The van der Waals surface area contributed by atoms with Crippen LogP contribution in [-0.2, 0) is 14.3 Å². The predicted molar refractivity (Wildman–Crippen MR) is 108 cm³/mol. The summed E-state index contributed by atoms with van der Waals surface area (Å²) in [6, 6.07) is 13.0. The summed E-state index contributed by atoms with van der Waals surface area (Å²) in [7, 11) is 0. The van der Waals surface area contributed by atoms with Crippen LogP contribution in [0.3, 0.4) is 0 Å². The number of halogens is 1. The Balaban J connectivity index is 1.91. The third-order valence-corrected chi connectivity index (χ3v) is 4.87. The van der Waals surface area contributed by atoms with E-state index in [0.29, 0.717) is 10.7 Å². The van der Waals surface area contributed by atoms with Gasteiger partial charge in [0.15, 0.2) is 6.10 Å². The van der Waals surface area contributed by atoms with Crippen molar-refractivity contribution in [3.8, 4) is 0 Å². The van der Waals surface area contributed by atoms with Gasteiger partial charge in [-0.1, -0.05) is 29.8 Å². The van der Waals surface area contributed by atoms with E-state index < -0.39 is 18.0 Å². The molecule has 0 aliphatic heterocycles. The average molecular weight is 390 g/mol. The number of esters is 1. The van der Waals surface area contributed by atoms with E-state index in [4.69, 9.17) is 16.3 Å². The van der Waals surface area contributed by atoms with E-state index in [-0.39, 0.29) is 0 Å². The lowest BCUT2D eigenvalue weighted by Gasteiger charge is -2.14. The minimum atomic E-state index is -0.926. The minimum Gasteiger partial charge on any atom is -0.449 e. The molecule has 6 heteroatoms. The zero-order valence-corrected chi connectivity index (χ0v) is 16.4. The summed E-state index contributed by atoms with van der Waals surface area (Å²) in [5, 5.41) is 3.27. The molecule has 0 spiro atoms. The molecule has 1 atom stereocenters. The largest absolute Gasteiger partial charge is 0.449 e. The van der Waals surface area contributed by atoms with Crippen LogP contribution in [0, 0.1) is 6.92 Å². The molecular formula is C20H20ClNO3S. The third-order valence-electron chi connectivity index (χ3n) is 3.72. The van der Waals surface area contributed by atoms with E-state index >= 15 is 0 Å². The maximum Gasteiger partial charge on any atom is 0.331 e. The van der Waals surface area contributed by atoms with Crippen LogP contribution in [0.1, 0.15) is 18.1 Å². The normalized spacial score (nSPS) is 12.0. The Morgan fingerprint density at radius 3 is 2.54 bits per heavy atom. The van der Waals surface area contributed by atoms with Gasteiger partial charge in [0, 0.05) is 21.7 Å². The number of amides is 1. The van der Waals surface area contributed by atoms with Gasteiger partial charge in [-0.2, -0.15) is 0 Å². The Kier molecular flexibility index (Phi) is 7.30. The summed E-state index contributed by atoms with van der Waals surface area (Å²) in [4.78, 5) is 25.3. The average Bonchev–Trinajstić information content (AvgIpc) is 2.64. The zero-order valence-electron chi connectivity index (χ0n) is 14.8. The van der Waals surface area contributed by atoms with Crippen LogP contribution < -0.4 is 5.32 Å². The number of benzene rings is 2. The third kappa shape index (κ3) is 5.64. The van der Waals surface area contributed by atoms with Crippen LogP contribution in [0.2, 0.25) is 5.02 Å². The van der Waals surface area contributed by atoms with Gasteiger partial charge in [-0.15, -0.1) is 11.8 Å². The number of carbonyl (C=O) groups excluding carboxylic acids is 2. The van der Waals surface area contributed by atoms with Gasteiger partial charge in [0.1, 0.15) is 0 Å². The van der Waals surface area contributed by atoms with Crippen molar-refractivity contribution >= 4 is 47.0 Å². The second-order valence-corrected chi connectivity index (χ2v) is 6.87. The monoisotopic (exact) mass is 389 g/mol. The van der Waals surface area contributed by atoms with Gasteiger partial charge in [0.2, 0.25) is 0 Å². The molecule has 4 nitrogen and oxygen atoms in total. The van der Waals surface area contributed by atoms with Gasteiger partial charge < -0.3 is 10.1 Å². The van der Waals surface area contributed by atoms with Crippen molar-refractivity contribution in [3.63, 3.8) is 0 Å². The fourth-order valence-electron chi connectivity index (χ4n) is 2.12. The first-order valence-electron chi connectivity index (χ1n) is 7.99. The molecule has 136 valence electrons. The Hall–Kier alpha value is -2.24. The predicted octanol–water partition coefficient (Wildman–Crippen LogP) is 4.95. The number of ether oxygens (including phenoxy) is 1. The lowest BCUT2D eigenvalue weighted by molar-refractivity contribution is -0.148. The fourth-order valence-corrected chi connectivity index (χ4v) is 2.71. The molecule has 0 aliphatic carbocycles. The topological polar surface area (TPSA) is 55.4 Å². The number of carbonyl (C=O) groups is 2. The Bertz CT molecular complexity index is 818. The van der Waals surface area contributed by atoms with Crippen LogP contribution in [-0.4, -0.2) is 24.2 Å². The molecule has 0 heterocycles. The summed E-state index contributed by atoms with van der Waals surface area (Å²) in [5.74, 6) is -0.995. The van der Waals surface area contributed by atoms with Crippen LogP contribution >= 0.6 is 23.4 Å². The molecule has 0 bridgehead atoms. The second kappa shape index (κ2) is 9.46. The second-order valence-electron chi connectivity index (χ2n) is 5.59. The lowest BCUT2D eigenvalue weighted by atomic mass is 10.2. The smallest absolute Gasteiger partial charge is 0.331 e. The molecule has 2 rings (SSSR count). The molecule has 1 N–H and O–H groups in total. The molecule has 26 heavy (non-hydrogen) atoms.